The fourth-order valence-electron chi connectivity index (χ4n) is 4.45. The molecule has 2 aromatic heterocycles. The summed E-state index contributed by atoms with van der Waals surface area (Å²) < 4.78 is 15.0. The molecule has 1 amide bonds. The molecule has 0 bridgehead atoms. The number of benzene rings is 1. The van der Waals surface area contributed by atoms with Crippen LogP contribution < -0.4 is 9.80 Å². The number of hydrogen-bond donors (Lipinski definition) is 0. The lowest BCUT2D eigenvalue weighted by molar-refractivity contribution is -0.128. The van der Waals surface area contributed by atoms with Crippen LogP contribution in [0.2, 0.25) is 0 Å². The molecular formula is C23H27FN6OS2. The first-order valence-corrected chi connectivity index (χ1v) is 13.2. The molecule has 2 saturated heterocycles. The summed E-state index contributed by atoms with van der Waals surface area (Å²) in [5.41, 5.74) is 1.31. The van der Waals surface area contributed by atoms with E-state index in [1.54, 1.807) is 23.5 Å². The number of rotatable bonds is 5. The number of halogens is 1. The number of thioether (sulfide) groups is 1. The van der Waals surface area contributed by atoms with Crippen LogP contribution in [-0.2, 0) is 4.79 Å². The van der Waals surface area contributed by atoms with Crippen molar-refractivity contribution in [2.75, 3.05) is 54.8 Å². The minimum Gasteiger partial charge on any atom is -0.366 e. The van der Waals surface area contributed by atoms with Gasteiger partial charge in [-0.1, -0.05) is 42.2 Å². The first kappa shape index (κ1) is 22.3. The van der Waals surface area contributed by atoms with Gasteiger partial charge in [-0.25, -0.2) is 14.4 Å². The van der Waals surface area contributed by atoms with Gasteiger partial charge in [-0.3, -0.25) is 4.79 Å². The summed E-state index contributed by atoms with van der Waals surface area (Å²) in [4.78, 5) is 32.6. The maximum Gasteiger partial charge on any atom is 0.233 e. The molecule has 1 atom stereocenters. The van der Waals surface area contributed by atoms with E-state index >= 15 is 0 Å². The van der Waals surface area contributed by atoms with Gasteiger partial charge < -0.3 is 14.7 Å². The lowest BCUT2D eigenvalue weighted by Gasteiger charge is -2.36. The average molecular weight is 487 g/mol. The van der Waals surface area contributed by atoms with Crippen LogP contribution >= 0.6 is 23.1 Å². The Morgan fingerprint density at radius 3 is 2.76 bits per heavy atom. The molecule has 4 heterocycles. The minimum atomic E-state index is -0.219. The van der Waals surface area contributed by atoms with Crippen LogP contribution in [0.25, 0.3) is 10.3 Å². The predicted molar refractivity (Wildman–Crippen MR) is 132 cm³/mol. The Hall–Kier alpha value is -2.46. The van der Waals surface area contributed by atoms with Crippen LogP contribution in [0.5, 0.6) is 0 Å². The number of carbonyl (C=O) groups is 1. The lowest BCUT2D eigenvalue weighted by atomic mass is 10.0. The zero-order valence-electron chi connectivity index (χ0n) is 18.6. The van der Waals surface area contributed by atoms with Crippen LogP contribution in [0.15, 0.2) is 35.6 Å². The van der Waals surface area contributed by atoms with Gasteiger partial charge in [-0.05, 0) is 30.9 Å². The molecule has 1 aromatic carbocycles. The first-order valence-electron chi connectivity index (χ1n) is 11.3. The molecule has 0 aliphatic carbocycles. The summed E-state index contributed by atoms with van der Waals surface area (Å²) in [6.45, 7) is 6.76. The Balaban J connectivity index is 1.20. The largest absolute Gasteiger partial charge is 0.366 e. The van der Waals surface area contributed by atoms with Crippen LogP contribution in [0, 0.1) is 11.7 Å². The summed E-state index contributed by atoms with van der Waals surface area (Å²) in [5, 5.41) is 1.81. The maximum absolute atomic E-state index is 14.1. The molecule has 0 unspecified atom stereocenters. The number of piperidine rings is 1. The van der Waals surface area contributed by atoms with Gasteiger partial charge >= 0.3 is 0 Å². The SMILES string of the molecule is C[C@H]1CCCN(c2nc3ncnc(SCC(=O)N4CCN(c5ccccc5F)CC4)c3s2)C1. The van der Waals surface area contributed by atoms with Gasteiger partial charge in [0, 0.05) is 39.3 Å². The van der Waals surface area contributed by atoms with E-state index in [9.17, 15) is 9.18 Å². The highest BCUT2D eigenvalue weighted by Crippen LogP contribution is 2.35. The minimum absolute atomic E-state index is 0.0783. The fraction of sp³-hybridized carbons (Fsp3) is 0.478. The van der Waals surface area contributed by atoms with Gasteiger partial charge in [0.05, 0.1) is 11.4 Å². The number of fused-ring (bicyclic) bond motifs is 1. The summed E-state index contributed by atoms with van der Waals surface area (Å²) >= 11 is 3.07. The Morgan fingerprint density at radius 1 is 1.15 bits per heavy atom. The third-order valence-electron chi connectivity index (χ3n) is 6.23. The van der Waals surface area contributed by atoms with Crippen molar-refractivity contribution in [1.82, 2.24) is 19.9 Å². The highest BCUT2D eigenvalue weighted by atomic mass is 32.2. The average Bonchev–Trinajstić information content (AvgIpc) is 3.28. The molecule has 33 heavy (non-hydrogen) atoms. The van der Waals surface area contributed by atoms with Crippen molar-refractivity contribution in [1.29, 1.82) is 0 Å². The van der Waals surface area contributed by atoms with E-state index in [2.05, 4.69) is 21.8 Å². The van der Waals surface area contributed by atoms with E-state index in [0.717, 1.165) is 27.9 Å². The molecule has 7 nitrogen and oxygen atoms in total. The Labute approximate surface area is 201 Å². The molecule has 2 aliphatic rings. The molecule has 2 aliphatic heterocycles. The van der Waals surface area contributed by atoms with E-state index < -0.39 is 0 Å². The zero-order valence-corrected chi connectivity index (χ0v) is 20.2. The second kappa shape index (κ2) is 9.80. The predicted octanol–water partition coefficient (Wildman–Crippen LogP) is 3.90. The van der Waals surface area contributed by atoms with Gasteiger partial charge in [-0.15, -0.1) is 0 Å². The van der Waals surface area contributed by atoms with Crippen LogP contribution in [0.1, 0.15) is 19.8 Å². The maximum atomic E-state index is 14.1. The molecule has 0 N–H and O–H groups in total. The normalized spacial score (nSPS) is 19.3. The third kappa shape index (κ3) is 4.91. The molecule has 174 valence electrons. The Morgan fingerprint density at radius 2 is 1.97 bits per heavy atom. The van der Waals surface area contributed by atoms with E-state index in [4.69, 9.17) is 4.98 Å². The molecule has 5 rings (SSSR count). The molecule has 3 aromatic rings. The topological polar surface area (TPSA) is 65.5 Å². The van der Waals surface area contributed by atoms with Gasteiger partial charge in [0.15, 0.2) is 10.8 Å². The molecule has 2 fully saturated rings. The summed E-state index contributed by atoms with van der Waals surface area (Å²) in [6.07, 6.45) is 3.98. The second-order valence-corrected chi connectivity index (χ2v) is 10.6. The van der Waals surface area contributed by atoms with Crippen molar-refractivity contribution >= 4 is 50.2 Å². The van der Waals surface area contributed by atoms with E-state index in [1.165, 1.54) is 37.0 Å². The van der Waals surface area contributed by atoms with E-state index in [0.29, 0.717) is 49.2 Å². The molecule has 0 saturated carbocycles. The fourth-order valence-corrected chi connectivity index (χ4v) is 6.48. The highest BCUT2D eigenvalue weighted by Gasteiger charge is 2.24. The van der Waals surface area contributed by atoms with Gasteiger partial charge in [0.2, 0.25) is 5.91 Å². The summed E-state index contributed by atoms with van der Waals surface area (Å²) in [5.74, 6) is 0.847. The molecule has 10 heteroatoms. The quantitative estimate of drug-likeness (QED) is 0.400. The van der Waals surface area contributed by atoms with Crippen molar-refractivity contribution in [2.45, 2.75) is 24.8 Å². The van der Waals surface area contributed by atoms with Crippen LogP contribution in [-0.4, -0.2) is 70.8 Å². The Bertz CT molecular complexity index is 1130. The summed E-state index contributed by atoms with van der Waals surface area (Å²) in [7, 11) is 0. The second-order valence-electron chi connectivity index (χ2n) is 8.63. The number of hydrogen-bond acceptors (Lipinski definition) is 8. The molecule has 0 spiro atoms. The van der Waals surface area contributed by atoms with Crippen molar-refractivity contribution in [3.63, 3.8) is 0 Å². The highest BCUT2D eigenvalue weighted by molar-refractivity contribution is 8.00. The van der Waals surface area contributed by atoms with Gasteiger partial charge in [0.1, 0.15) is 21.9 Å². The molecule has 0 radical (unpaired) electrons. The number of aromatic nitrogens is 3. The number of para-hydroxylation sites is 1. The van der Waals surface area contributed by atoms with Gasteiger partial charge in [0.25, 0.3) is 0 Å². The standard InChI is InChI=1S/C23H27FN6OS2/c1-16-5-4-8-30(13-16)23-27-21-20(33-23)22(26-15-25-21)32-14-19(31)29-11-9-28(10-12-29)18-7-3-2-6-17(18)24/h2-3,6-7,15-16H,4-5,8-14H2,1H3/t16-/m0/s1. The van der Waals surface area contributed by atoms with Crippen LogP contribution in [0.4, 0.5) is 15.2 Å². The summed E-state index contributed by atoms with van der Waals surface area (Å²) in [6, 6.07) is 6.80. The van der Waals surface area contributed by atoms with Crippen molar-refractivity contribution in [3.05, 3.63) is 36.4 Å². The number of thiazole rings is 1. The molecular weight excluding hydrogens is 459 g/mol. The number of nitrogens with zero attached hydrogens (tertiary/aromatic N) is 6. The number of piperazine rings is 1. The Kier molecular flexibility index (Phi) is 6.64. The van der Waals surface area contributed by atoms with Gasteiger partial charge in [-0.2, -0.15) is 4.98 Å². The monoisotopic (exact) mass is 486 g/mol. The number of anilines is 2. The van der Waals surface area contributed by atoms with E-state index in [-0.39, 0.29) is 11.7 Å². The number of amides is 1. The zero-order chi connectivity index (χ0) is 22.8. The van der Waals surface area contributed by atoms with Crippen molar-refractivity contribution in [3.8, 4) is 0 Å². The smallest absolute Gasteiger partial charge is 0.233 e. The van der Waals surface area contributed by atoms with Crippen molar-refractivity contribution < 1.29 is 9.18 Å². The third-order valence-corrected chi connectivity index (χ3v) is 8.45. The number of carbonyl (C=O) groups excluding carboxylic acids is 1. The lowest BCUT2D eigenvalue weighted by Crippen LogP contribution is -2.49. The first-order chi connectivity index (χ1) is 16.1. The van der Waals surface area contributed by atoms with Crippen molar-refractivity contribution in [2.24, 2.45) is 5.92 Å². The van der Waals surface area contributed by atoms with Crippen LogP contribution in [0.3, 0.4) is 0 Å². The van der Waals surface area contributed by atoms with E-state index in [1.807, 2.05) is 15.9 Å².